The van der Waals surface area contributed by atoms with Crippen molar-refractivity contribution in [1.82, 2.24) is 94.0 Å². The van der Waals surface area contributed by atoms with Gasteiger partial charge in [-0.2, -0.15) is 13.7 Å². The van der Waals surface area contributed by atoms with Crippen molar-refractivity contribution in [3.8, 4) is 96.2 Å². The topological polar surface area (TPSA) is 588 Å². The maximum absolute atomic E-state index is 13.0. The summed E-state index contributed by atoms with van der Waals surface area (Å²) in [5.74, 6) is 1.66. The number of aromatic nitrogens is 14. The molecule has 42 nitrogen and oxygen atoms in total. The predicted molar refractivity (Wildman–Crippen MR) is 502 cm³/mol. The third kappa shape index (κ3) is 23.1. The molecule has 696 valence electrons. The van der Waals surface area contributed by atoms with Gasteiger partial charge in [0.25, 0.3) is 10.0 Å². The van der Waals surface area contributed by atoms with Crippen molar-refractivity contribution < 1.29 is 61.5 Å². The molecule has 4 saturated heterocycles. The van der Waals surface area contributed by atoms with Gasteiger partial charge in [-0.3, -0.25) is 24.0 Å². The third-order valence-corrected chi connectivity index (χ3v) is 26.6. The lowest BCUT2D eigenvalue weighted by atomic mass is 9.96. The van der Waals surface area contributed by atoms with E-state index in [4.69, 9.17) is 39.1 Å². The van der Waals surface area contributed by atoms with Crippen molar-refractivity contribution >= 4 is 89.6 Å². The van der Waals surface area contributed by atoms with E-state index >= 15 is 0 Å². The normalized spacial score (nSPS) is 15.9. The maximum atomic E-state index is 13.0. The van der Waals surface area contributed by atoms with Crippen LogP contribution >= 0.6 is 0 Å². The first kappa shape index (κ1) is 96.4. The molecule has 0 aliphatic carbocycles. The second-order valence-electron chi connectivity index (χ2n) is 31.8. The number of nitrogens with one attached hydrogen (secondary N) is 1. The number of carbonyl (C=O) groups excluding carboxylic acids is 3. The Hall–Kier alpha value is -14.7. The molecule has 3 atom stereocenters. The maximum Gasteiger partial charge on any atom is 0.277 e. The Labute approximate surface area is 763 Å². The van der Waals surface area contributed by atoms with E-state index in [0.717, 1.165) is 37.6 Å². The highest BCUT2D eigenvalue weighted by atomic mass is 32.2. The number of sulfonamides is 2. The first-order valence-corrected chi connectivity index (χ1v) is 45.2. The molecule has 18 N–H and O–H groups in total. The number of nitrogens with zero attached hydrogens (tertiary/aromatic N) is 22. The van der Waals surface area contributed by atoms with Crippen LogP contribution in [0, 0.1) is 5.92 Å². The zero-order valence-corrected chi connectivity index (χ0v) is 75.8. The van der Waals surface area contributed by atoms with Crippen molar-refractivity contribution in [2.45, 2.75) is 56.9 Å². The summed E-state index contributed by atoms with van der Waals surface area (Å²) >= 11 is 0. The fourth-order valence-electron chi connectivity index (χ4n) is 15.4. The molecule has 1 unspecified atom stereocenters. The zero-order valence-electron chi connectivity index (χ0n) is 74.2. The number of phenols is 5. The molecular formula is C88H109N29O13S2. The summed E-state index contributed by atoms with van der Waals surface area (Å²) in [6.07, 6.45) is 7.84. The highest BCUT2D eigenvalue weighted by molar-refractivity contribution is 7.89. The van der Waals surface area contributed by atoms with Crippen LogP contribution in [0.1, 0.15) is 39.7 Å². The number of anilines is 9. The molecule has 7 aromatic heterocycles. The van der Waals surface area contributed by atoms with Crippen LogP contribution in [0.3, 0.4) is 0 Å². The molecule has 0 radical (unpaired) electrons. The van der Waals surface area contributed by atoms with E-state index < -0.39 is 26.1 Å². The lowest BCUT2D eigenvalue weighted by Crippen LogP contribution is -2.54. The van der Waals surface area contributed by atoms with Crippen LogP contribution in [0.2, 0.25) is 0 Å². The molecule has 0 bridgehead atoms. The number of phenolic OH excluding ortho intramolecular Hbond substituents is 5. The molecule has 11 heterocycles. The molecule has 4 aliphatic rings. The lowest BCUT2D eigenvalue weighted by molar-refractivity contribution is -0.132. The highest BCUT2D eigenvalue weighted by Gasteiger charge is 2.38. The van der Waals surface area contributed by atoms with Crippen LogP contribution < -0.4 is 59.3 Å². The number of methoxy groups -OCH3 is 1. The van der Waals surface area contributed by atoms with Gasteiger partial charge in [0.05, 0.1) is 76.3 Å². The summed E-state index contributed by atoms with van der Waals surface area (Å²) in [4.78, 5) is 50.7. The lowest BCUT2D eigenvalue weighted by Gasteiger charge is -2.40. The molecular weight excluding hydrogens is 1740 g/mol. The SMILES string of the molecule is CC(C(=O)N(C)C)n1cc(-c2cc(-c3ccccc3O)nnc2N)cn1.CNC(=O)CN1CCN(c2cc(-c3ccccc3O)nnc2N)CC1.COCCS(=O)(=O)N1CCN(c2cc(-c3ccccc3O)nnc2N)C[C@H]1C.C[C@@H]1CN(c2cc(-c3ccccc3O)nnc2N)CCN1S(=O)(=O)c1nccn1C.NC(=O)C1CCN(c2cc(-c3ccccc3O)nnc2N)CC1. The van der Waals surface area contributed by atoms with E-state index in [2.05, 4.69) is 81.1 Å². The van der Waals surface area contributed by atoms with Crippen LogP contribution in [0.4, 0.5) is 51.8 Å². The number of imidazole rings is 1. The van der Waals surface area contributed by atoms with E-state index in [9.17, 15) is 56.8 Å². The molecule has 4 fully saturated rings. The number of hydrogen-bond donors (Lipinski definition) is 12. The summed E-state index contributed by atoms with van der Waals surface area (Å²) in [6.45, 7) is 12.9. The summed E-state index contributed by atoms with van der Waals surface area (Å²) in [5, 5.41) is 97.7. The zero-order chi connectivity index (χ0) is 94.8. The van der Waals surface area contributed by atoms with E-state index in [0.29, 0.717) is 156 Å². The number of piperazine rings is 3. The van der Waals surface area contributed by atoms with Crippen molar-refractivity contribution in [2.24, 2.45) is 18.7 Å². The summed E-state index contributed by atoms with van der Waals surface area (Å²) < 4.78 is 62.0. The first-order valence-electron chi connectivity index (χ1n) is 42.2. The Morgan fingerprint density at radius 3 is 1.24 bits per heavy atom. The summed E-state index contributed by atoms with van der Waals surface area (Å²) in [6, 6.07) is 42.6. The standard InChI is InChI=1S/C19H23N7O3S.C18H20N6O2.C18H25N5O4S.C17H22N6O2.C16H19N5O2/c1-13-12-25(9-10-26(13)30(28,29)19-21-7-8-24(19)2)16-11-15(22-23-18(16)20)14-5-3-4-6-17(14)27;1-11(18(26)23(2)3)24-10-12(9-20-24)14-8-15(21-22-17(14)19)13-6-4-5-7-16(13)25;1-13-12-22(7-8-23(13)28(25,26)10-9-27-2)16-11-15(20-21-18(16)19)14-5-3-4-6-17(14)24;1-19-16(25)11-22-6-8-23(9-7-22)14-10-13(20-21-17(14)18)12-4-2-3-5-15(12)24;17-15-13(21-7-5-10(6-8-21)16(18)23)9-12(19-20-15)11-3-1-2-4-14(11)22/h3-8,11,13,27H,9-10,12H2,1-2H3,(H2,20,23);4-11,25H,1-3H3,(H2,19,22);3-6,11,13,24H,7-10,12H2,1-2H3,(H2,19,21);2-5,10,24H,6-9,11H2,1H3,(H2,18,21)(H,19,25);1-4,9-10,22H,5-8H2,(H2,17,20)(H2,18,23)/t13-;;13-;;/m1.1../s1. The number of hydrogen-bond acceptors (Lipinski definition) is 35. The number of amides is 3. The van der Waals surface area contributed by atoms with Crippen molar-refractivity contribution in [3.63, 3.8) is 0 Å². The fourth-order valence-corrected chi connectivity index (χ4v) is 18.7. The van der Waals surface area contributed by atoms with Crippen molar-refractivity contribution in [2.75, 3.05) is 174 Å². The Bertz CT molecular complexity index is 6280. The highest BCUT2D eigenvalue weighted by Crippen LogP contribution is 2.40. The Morgan fingerprint density at radius 1 is 0.508 bits per heavy atom. The van der Waals surface area contributed by atoms with Crippen LogP contribution in [-0.4, -0.2) is 287 Å². The number of likely N-dealkylation sites (N-methyl/N-ethyl adjacent to an activating group) is 2. The van der Waals surface area contributed by atoms with Gasteiger partial charge in [0, 0.05) is 189 Å². The van der Waals surface area contributed by atoms with E-state index in [1.165, 1.54) is 31.4 Å². The molecule has 3 amide bonds. The van der Waals surface area contributed by atoms with Gasteiger partial charge in [0.15, 0.2) is 29.1 Å². The Kier molecular flexibility index (Phi) is 31.5. The van der Waals surface area contributed by atoms with Gasteiger partial charge in [0.2, 0.25) is 32.9 Å². The van der Waals surface area contributed by atoms with Gasteiger partial charge in [-0.15, -0.1) is 51.0 Å². The summed E-state index contributed by atoms with van der Waals surface area (Å²) in [7, 11) is 1.10. The number of nitrogens with two attached hydrogens (primary N) is 6. The number of nitrogen functional groups attached to an aromatic ring is 5. The third-order valence-electron chi connectivity index (χ3n) is 22.7. The number of aryl methyl sites for hydroxylation is 1. The first-order chi connectivity index (χ1) is 63.1. The predicted octanol–water partition coefficient (Wildman–Crippen LogP) is 5.36. The number of primary amides is 1. The average molecular weight is 1850 g/mol. The van der Waals surface area contributed by atoms with Crippen molar-refractivity contribution in [1.29, 1.82) is 0 Å². The van der Waals surface area contributed by atoms with Crippen LogP contribution in [0.25, 0.3) is 67.4 Å². The minimum absolute atomic E-state index is 0.0142. The number of rotatable bonds is 21. The second-order valence-corrected chi connectivity index (χ2v) is 35.6. The smallest absolute Gasteiger partial charge is 0.277 e. The average Bonchev–Trinajstić information content (AvgIpc) is 1.81. The minimum Gasteiger partial charge on any atom is -0.507 e. The van der Waals surface area contributed by atoms with E-state index in [1.807, 2.05) is 47.9 Å². The molecule has 0 spiro atoms. The Morgan fingerprint density at radius 2 is 0.879 bits per heavy atom. The molecule has 5 aromatic carbocycles. The number of piperidine rings is 1. The minimum atomic E-state index is -3.70. The second kappa shape index (κ2) is 43.1. The number of aromatic hydroxyl groups is 5. The number of carbonyl (C=O) groups is 3. The quantitative estimate of drug-likeness (QED) is 0.0431. The molecule has 132 heavy (non-hydrogen) atoms. The Balaban J connectivity index is 0.000000149. The number of para-hydroxylation sites is 5. The molecule has 44 heteroatoms. The van der Waals surface area contributed by atoms with Gasteiger partial charge in [-0.25, -0.2) is 21.8 Å². The monoisotopic (exact) mass is 1840 g/mol. The van der Waals surface area contributed by atoms with Gasteiger partial charge in [-0.05, 0) is 125 Å². The molecule has 16 rings (SSSR count). The molecule has 4 aliphatic heterocycles. The largest absolute Gasteiger partial charge is 0.507 e. The van der Waals surface area contributed by atoms with Gasteiger partial charge in [0.1, 0.15) is 34.8 Å². The summed E-state index contributed by atoms with van der Waals surface area (Å²) in [5.41, 5.74) is 45.2. The molecule has 0 saturated carbocycles. The van der Waals surface area contributed by atoms with Crippen LogP contribution in [-0.2, 0) is 46.2 Å². The van der Waals surface area contributed by atoms with Crippen molar-refractivity contribution in [3.05, 3.63) is 176 Å². The van der Waals surface area contributed by atoms with Gasteiger partial charge in [-0.1, -0.05) is 60.7 Å². The van der Waals surface area contributed by atoms with Gasteiger partial charge < -0.3 is 99.1 Å². The number of benzene rings is 5. The van der Waals surface area contributed by atoms with E-state index in [-0.39, 0.29) is 106 Å². The number of ether oxygens (including phenoxy) is 1. The molecule has 12 aromatic rings. The van der Waals surface area contributed by atoms with Crippen LogP contribution in [0.5, 0.6) is 28.7 Å². The van der Waals surface area contributed by atoms with E-state index in [1.54, 1.807) is 186 Å². The fraction of sp³-hybridized carbons (Fsp3) is 0.330. The van der Waals surface area contributed by atoms with Crippen LogP contribution in [0.15, 0.2) is 182 Å². The van der Waals surface area contributed by atoms with Gasteiger partial charge >= 0.3 is 0 Å².